The van der Waals surface area contributed by atoms with Gasteiger partial charge in [0.1, 0.15) is 23.8 Å². The number of aliphatic hydroxyl groups excluding tert-OH is 1. The number of nitrogens with zero attached hydrogens (tertiary/aromatic N) is 4. The fourth-order valence-corrected chi connectivity index (χ4v) is 5.24. The van der Waals surface area contributed by atoms with Crippen LogP contribution >= 0.6 is 0 Å². The number of carbonyl (C=O) groups excluding carboxylic acids is 1. The van der Waals surface area contributed by atoms with E-state index in [0.717, 1.165) is 42.8 Å². The van der Waals surface area contributed by atoms with Crippen LogP contribution in [0.3, 0.4) is 0 Å². The van der Waals surface area contributed by atoms with E-state index in [4.69, 9.17) is 4.74 Å². The Morgan fingerprint density at radius 2 is 1.86 bits per heavy atom. The SMILES string of the molecule is Cn1ccnc1C(O)C1CCN(C(=O)CCN2Cc3ccccc3OC(c3ccccc3)C2)CC1. The second kappa shape index (κ2) is 10.6. The molecule has 7 heteroatoms. The van der Waals surface area contributed by atoms with Crippen LogP contribution in [-0.2, 0) is 18.4 Å². The molecule has 2 atom stereocenters. The van der Waals surface area contributed by atoms with E-state index in [1.54, 1.807) is 6.20 Å². The number of likely N-dealkylation sites (tertiary alicyclic amines) is 1. The van der Waals surface area contributed by atoms with Gasteiger partial charge in [-0.2, -0.15) is 0 Å². The molecule has 2 aliphatic heterocycles. The van der Waals surface area contributed by atoms with E-state index in [2.05, 4.69) is 28.1 Å². The molecule has 35 heavy (non-hydrogen) atoms. The van der Waals surface area contributed by atoms with E-state index in [0.29, 0.717) is 31.9 Å². The second-order valence-electron chi connectivity index (χ2n) is 9.67. The van der Waals surface area contributed by atoms with Crippen molar-refractivity contribution in [3.63, 3.8) is 0 Å². The number of amides is 1. The molecule has 0 aliphatic carbocycles. The summed E-state index contributed by atoms with van der Waals surface area (Å²) in [5.41, 5.74) is 2.30. The minimum atomic E-state index is -0.584. The van der Waals surface area contributed by atoms with Crippen LogP contribution in [0.25, 0.3) is 0 Å². The molecule has 5 rings (SSSR count). The predicted octanol–water partition coefficient (Wildman–Crippen LogP) is 3.72. The van der Waals surface area contributed by atoms with Crippen molar-refractivity contribution in [2.24, 2.45) is 13.0 Å². The van der Waals surface area contributed by atoms with E-state index in [1.807, 2.05) is 59.1 Å². The van der Waals surface area contributed by atoms with Gasteiger partial charge in [-0.05, 0) is 30.4 Å². The average molecular weight is 475 g/mol. The van der Waals surface area contributed by atoms with Crippen LogP contribution in [0.15, 0.2) is 67.0 Å². The van der Waals surface area contributed by atoms with E-state index in [9.17, 15) is 9.90 Å². The minimum Gasteiger partial charge on any atom is -0.484 e. The third-order valence-electron chi connectivity index (χ3n) is 7.33. The molecular weight excluding hydrogens is 440 g/mol. The van der Waals surface area contributed by atoms with Crippen molar-refractivity contribution in [3.8, 4) is 5.75 Å². The molecule has 0 spiro atoms. The zero-order valence-electron chi connectivity index (χ0n) is 20.3. The molecule has 1 fully saturated rings. The van der Waals surface area contributed by atoms with Gasteiger partial charge in [-0.25, -0.2) is 4.98 Å². The molecule has 3 aromatic rings. The molecule has 1 saturated heterocycles. The Labute approximate surface area is 207 Å². The average Bonchev–Trinajstić information content (AvgIpc) is 3.23. The van der Waals surface area contributed by atoms with Crippen LogP contribution in [-0.4, -0.2) is 56.5 Å². The molecule has 2 aromatic carbocycles. The Balaban J connectivity index is 1.18. The molecule has 3 heterocycles. The van der Waals surface area contributed by atoms with Crippen molar-refractivity contribution in [3.05, 3.63) is 83.9 Å². The van der Waals surface area contributed by atoms with E-state index in [-0.39, 0.29) is 17.9 Å². The van der Waals surface area contributed by atoms with Crippen molar-refractivity contribution in [2.75, 3.05) is 26.2 Å². The van der Waals surface area contributed by atoms with Crippen LogP contribution < -0.4 is 4.74 Å². The van der Waals surface area contributed by atoms with Crippen molar-refractivity contribution < 1.29 is 14.6 Å². The first kappa shape index (κ1) is 23.6. The zero-order valence-corrected chi connectivity index (χ0v) is 20.3. The number of hydrogen-bond donors (Lipinski definition) is 1. The van der Waals surface area contributed by atoms with Crippen molar-refractivity contribution >= 4 is 5.91 Å². The van der Waals surface area contributed by atoms with Gasteiger partial charge in [-0.3, -0.25) is 9.69 Å². The van der Waals surface area contributed by atoms with Crippen molar-refractivity contribution in [1.29, 1.82) is 0 Å². The van der Waals surface area contributed by atoms with Gasteiger partial charge in [0.15, 0.2) is 0 Å². The first-order valence-electron chi connectivity index (χ1n) is 12.5. The number of piperidine rings is 1. The largest absolute Gasteiger partial charge is 0.484 e. The van der Waals surface area contributed by atoms with E-state index in [1.165, 1.54) is 0 Å². The van der Waals surface area contributed by atoms with Gasteiger partial charge >= 0.3 is 0 Å². The Hall–Kier alpha value is -3.16. The highest BCUT2D eigenvalue weighted by atomic mass is 16.5. The second-order valence-corrected chi connectivity index (χ2v) is 9.67. The number of fused-ring (bicyclic) bond motifs is 1. The van der Waals surface area contributed by atoms with Crippen LogP contribution in [0.5, 0.6) is 5.75 Å². The first-order valence-corrected chi connectivity index (χ1v) is 12.5. The maximum Gasteiger partial charge on any atom is 0.223 e. The summed E-state index contributed by atoms with van der Waals surface area (Å²) in [6.07, 6.45) is 4.98. The predicted molar refractivity (Wildman–Crippen MR) is 134 cm³/mol. The summed E-state index contributed by atoms with van der Waals surface area (Å²) in [4.78, 5) is 21.7. The van der Waals surface area contributed by atoms with Crippen LogP contribution in [0.4, 0.5) is 0 Å². The monoisotopic (exact) mass is 474 g/mol. The molecule has 0 radical (unpaired) electrons. The highest BCUT2D eigenvalue weighted by molar-refractivity contribution is 5.76. The quantitative estimate of drug-likeness (QED) is 0.590. The number of imidazole rings is 1. The molecule has 184 valence electrons. The van der Waals surface area contributed by atoms with Crippen LogP contribution in [0.2, 0.25) is 0 Å². The lowest BCUT2D eigenvalue weighted by Crippen LogP contribution is -2.41. The van der Waals surface area contributed by atoms with Crippen molar-refractivity contribution in [2.45, 2.75) is 38.0 Å². The molecule has 0 bridgehead atoms. The highest BCUT2D eigenvalue weighted by Gasteiger charge is 2.30. The number of ether oxygens (including phenoxy) is 1. The Morgan fingerprint density at radius 3 is 2.60 bits per heavy atom. The molecule has 7 nitrogen and oxygen atoms in total. The molecule has 1 N–H and O–H groups in total. The smallest absolute Gasteiger partial charge is 0.223 e. The van der Waals surface area contributed by atoms with Gasteiger partial charge < -0.3 is 19.3 Å². The summed E-state index contributed by atoms with van der Waals surface area (Å²) in [6, 6.07) is 18.5. The fraction of sp³-hybridized carbons (Fsp3) is 0.429. The standard InChI is InChI=1S/C28H34N4O3/c1-30-18-14-29-28(30)27(34)22-11-16-32(17-12-22)26(33)13-15-31-19-23-9-5-6-10-24(23)35-25(20-31)21-7-3-2-4-8-21/h2-10,14,18,22,25,27,34H,11-13,15-17,19-20H2,1H3. The molecular formula is C28H34N4O3. The number of aliphatic hydroxyl groups is 1. The Morgan fingerprint density at radius 1 is 1.11 bits per heavy atom. The minimum absolute atomic E-state index is 0.0710. The molecule has 1 amide bonds. The summed E-state index contributed by atoms with van der Waals surface area (Å²) in [6.45, 7) is 3.57. The number of aryl methyl sites for hydroxylation is 1. The summed E-state index contributed by atoms with van der Waals surface area (Å²) >= 11 is 0. The van der Waals surface area contributed by atoms with Gasteiger partial charge in [0.05, 0.1) is 0 Å². The molecule has 2 unspecified atom stereocenters. The summed E-state index contributed by atoms with van der Waals surface area (Å²) in [5, 5.41) is 10.7. The third-order valence-corrected chi connectivity index (χ3v) is 7.33. The van der Waals surface area contributed by atoms with Gasteiger partial charge in [-0.15, -0.1) is 0 Å². The maximum atomic E-state index is 13.1. The summed E-state index contributed by atoms with van der Waals surface area (Å²) < 4.78 is 8.27. The van der Waals surface area contributed by atoms with Crippen molar-refractivity contribution in [1.82, 2.24) is 19.4 Å². The fourth-order valence-electron chi connectivity index (χ4n) is 5.24. The molecule has 0 saturated carbocycles. The summed E-state index contributed by atoms with van der Waals surface area (Å²) in [5.74, 6) is 1.94. The van der Waals surface area contributed by atoms with Gasteiger partial charge in [-0.1, -0.05) is 48.5 Å². The number of hydrogen-bond acceptors (Lipinski definition) is 5. The van der Waals surface area contributed by atoms with Gasteiger partial charge in [0.25, 0.3) is 0 Å². The highest BCUT2D eigenvalue weighted by Crippen LogP contribution is 2.32. The lowest BCUT2D eigenvalue weighted by molar-refractivity contribution is -0.133. The molecule has 2 aliphatic rings. The lowest BCUT2D eigenvalue weighted by atomic mass is 9.90. The van der Waals surface area contributed by atoms with E-state index >= 15 is 0 Å². The zero-order chi connectivity index (χ0) is 24.2. The number of benzene rings is 2. The number of aromatic nitrogens is 2. The van der Waals surface area contributed by atoms with Crippen LogP contribution in [0.1, 0.15) is 48.4 Å². The first-order chi connectivity index (χ1) is 17.1. The maximum absolute atomic E-state index is 13.1. The van der Waals surface area contributed by atoms with Crippen LogP contribution in [0, 0.1) is 5.92 Å². The summed E-state index contributed by atoms with van der Waals surface area (Å²) in [7, 11) is 1.90. The normalized spacial score (nSPS) is 20.1. The number of rotatable bonds is 6. The third kappa shape index (κ3) is 5.41. The lowest BCUT2D eigenvalue weighted by Gasteiger charge is -2.34. The van der Waals surface area contributed by atoms with Gasteiger partial charge in [0.2, 0.25) is 5.91 Å². The topological polar surface area (TPSA) is 70.8 Å². The Bertz CT molecular complexity index is 1120. The molecule has 1 aromatic heterocycles. The number of carbonyl (C=O) groups is 1. The van der Waals surface area contributed by atoms with E-state index < -0.39 is 6.10 Å². The Kier molecular flexibility index (Phi) is 7.16. The van der Waals surface area contributed by atoms with Gasteiger partial charge in [0, 0.05) is 64.1 Å². The number of para-hydroxylation sites is 1.